The fourth-order valence-electron chi connectivity index (χ4n) is 0.499. The molecule has 0 saturated carbocycles. The zero-order valence-corrected chi connectivity index (χ0v) is 9.60. The predicted molar refractivity (Wildman–Crippen MR) is 56.8 cm³/mol. The minimum Gasteiger partial charge on any atom is -0.401 e. The molecule has 0 rings (SSSR count). The van der Waals surface area contributed by atoms with Crippen molar-refractivity contribution < 1.29 is 0 Å². The summed E-state index contributed by atoms with van der Waals surface area (Å²) in [5, 5.41) is 0. The molecule has 2 nitrogen and oxygen atoms in total. The van der Waals surface area contributed by atoms with E-state index in [0.29, 0.717) is 0 Å². The van der Waals surface area contributed by atoms with E-state index in [1.165, 1.54) is 0 Å². The molecular formula is C10H24N2. The molecule has 0 amide bonds. The van der Waals surface area contributed by atoms with Gasteiger partial charge in [0.25, 0.3) is 0 Å². The lowest BCUT2D eigenvalue weighted by molar-refractivity contribution is 0.248. The van der Waals surface area contributed by atoms with Crippen LogP contribution in [0.3, 0.4) is 0 Å². The Balaban J connectivity index is 0. The highest BCUT2D eigenvalue weighted by Gasteiger charge is 2.12. The molecule has 2 heteroatoms. The van der Waals surface area contributed by atoms with E-state index in [-0.39, 0.29) is 5.54 Å². The Morgan fingerprint density at radius 1 is 1.25 bits per heavy atom. The van der Waals surface area contributed by atoms with Gasteiger partial charge < -0.3 is 10.6 Å². The van der Waals surface area contributed by atoms with Crippen molar-refractivity contribution >= 4 is 0 Å². The highest BCUT2D eigenvalue weighted by atomic mass is 15.1. The van der Waals surface area contributed by atoms with Crippen LogP contribution in [0.25, 0.3) is 0 Å². The van der Waals surface area contributed by atoms with Crippen LogP contribution < -0.4 is 5.73 Å². The standard InChI is InChI=1S/C8H18N2.C2H6/c1-7(9)6-10(5)8(2,3)4;1-2/h6H,9H2,1-5H3;1-2H3/b7-6+;. The van der Waals surface area contributed by atoms with Crippen LogP contribution in [0.2, 0.25) is 0 Å². The summed E-state index contributed by atoms with van der Waals surface area (Å²) < 4.78 is 0. The normalized spacial score (nSPS) is 11.8. The van der Waals surface area contributed by atoms with E-state index in [9.17, 15) is 0 Å². The zero-order chi connectivity index (χ0) is 10.4. The summed E-state index contributed by atoms with van der Waals surface area (Å²) in [5.41, 5.74) is 6.52. The molecule has 0 heterocycles. The second-order valence-corrected chi connectivity index (χ2v) is 3.65. The van der Waals surface area contributed by atoms with Gasteiger partial charge >= 0.3 is 0 Å². The van der Waals surface area contributed by atoms with Crippen molar-refractivity contribution in [2.45, 2.75) is 47.1 Å². The lowest BCUT2D eigenvalue weighted by atomic mass is 10.1. The molecular weight excluding hydrogens is 148 g/mol. The van der Waals surface area contributed by atoms with Gasteiger partial charge in [0.15, 0.2) is 0 Å². The van der Waals surface area contributed by atoms with Gasteiger partial charge in [-0.3, -0.25) is 0 Å². The number of nitrogens with two attached hydrogens (primary N) is 1. The van der Waals surface area contributed by atoms with Crippen molar-refractivity contribution in [3.8, 4) is 0 Å². The smallest absolute Gasteiger partial charge is 0.0309 e. The van der Waals surface area contributed by atoms with Crippen molar-refractivity contribution in [1.29, 1.82) is 0 Å². The monoisotopic (exact) mass is 172 g/mol. The van der Waals surface area contributed by atoms with Crippen LogP contribution in [-0.2, 0) is 0 Å². The molecule has 0 aliphatic rings. The first-order chi connectivity index (χ1) is 5.34. The van der Waals surface area contributed by atoms with Crippen LogP contribution >= 0.6 is 0 Å². The van der Waals surface area contributed by atoms with Crippen molar-refractivity contribution in [1.82, 2.24) is 4.90 Å². The summed E-state index contributed by atoms with van der Waals surface area (Å²) >= 11 is 0. The highest BCUT2D eigenvalue weighted by molar-refractivity contribution is 4.94. The number of hydrogen-bond acceptors (Lipinski definition) is 2. The molecule has 0 aliphatic carbocycles. The summed E-state index contributed by atoms with van der Waals surface area (Å²) in [6, 6.07) is 0. The fraction of sp³-hybridized carbons (Fsp3) is 0.800. The van der Waals surface area contributed by atoms with Crippen LogP contribution in [0.5, 0.6) is 0 Å². The van der Waals surface area contributed by atoms with Gasteiger partial charge in [0, 0.05) is 24.5 Å². The van der Waals surface area contributed by atoms with Crippen molar-refractivity contribution in [2.75, 3.05) is 7.05 Å². The lowest BCUT2D eigenvalue weighted by Crippen LogP contribution is -2.34. The second kappa shape index (κ2) is 5.92. The third kappa shape index (κ3) is 7.45. The number of rotatable bonds is 1. The Morgan fingerprint density at radius 2 is 1.58 bits per heavy atom. The van der Waals surface area contributed by atoms with Gasteiger partial charge in [0.2, 0.25) is 0 Å². The van der Waals surface area contributed by atoms with E-state index in [0.717, 1.165) is 5.70 Å². The first-order valence-electron chi connectivity index (χ1n) is 4.51. The Kier molecular flexibility index (Phi) is 6.86. The largest absolute Gasteiger partial charge is 0.401 e. The maximum absolute atomic E-state index is 5.51. The summed E-state index contributed by atoms with van der Waals surface area (Å²) in [5.74, 6) is 0. The number of allylic oxidation sites excluding steroid dienone is 1. The van der Waals surface area contributed by atoms with Gasteiger partial charge in [-0.2, -0.15) is 0 Å². The number of hydrogen-bond donors (Lipinski definition) is 1. The average Bonchev–Trinajstić information content (AvgIpc) is 1.88. The van der Waals surface area contributed by atoms with Crippen LogP contribution in [0.4, 0.5) is 0 Å². The molecule has 12 heavy (non-hydrogen) atoms. The van der Waals surface area contributed by atoms with E-state index in [4.69, 9.17) is 5.73 Å². The van der Waals surface area contributed by atoms with Crippen LogP contribution in [-0.4, -0.2) is 17.5 Å². The van der Waals surface area contributed by atoms with Crippen LogP contribution in [0.1, 0.15) is 41.5 Å². The summed E-state index contributed by atoms with van der Waals surface area (Å²) in [6.07, 6.45) is 1.94. The molecule has 0 atom stereocenters. The highest BCUT2D eigenvalue weighted by Crippen LogP contribution is 2.10. The average molecular weight is 172 g/mol. The van der Waals surface area contributed by atoms with E-state index in [1.807, 2.05) is 34.0 Å². The molecule has 0 aromatic carbocycles. The third-order valence-electron chi connectivity index (χ3n) is 1.46. The maximum Gasteiger partial charge on any atom is 0.0309 e. The Morgan fingerprint density at radius 3 is 1.67 bits per heavy atom. The second-order valence-electron chi connectivity index (χ2n) is 3.65. The zero-order valence-electron chi connectivity index (χ0n) is 9.60. The minimum atomic E-state index is 0.167. The Hall–Kier alpha value is -0.660. The third-order valence-corrected chi connectivity index (χ3v) is 1.46. The molecule has 0 unspecified atom stereocenters. The molecule has 0 saturated heterocycles. The molecule has 2 N–H and O–H groups in total. The van der Waals surface area contributed by atoms with E-state index < -0.39 is 0 Å². The first-order valence-corrected chi connectivity index (χ1v) is 4.51. The molecule has 0 aromatic heterocycles. The van der Waals surface area contributed by atoms with Crippen LogP contribution in [0.15, 0.2) is 11.9 Å². The molecule has 0 radical (unpaired) electrons. The van der Waals surface area contributed by atoms with Gasteiger partial charge in [-0.1, -0.05) is 13.8 Å². The van der Waals surface area contributed by atoms with Gasteiger partial charge in [-0.25, -0.2) is 0 Å². The van der Waals surface area contributed by atoms with Crippen molar-refractivity contribution in [3.05, 3.63) is 11.9 Å². The number of nitrogens with zero attached hydrogens (tertiary/aromatic N) is 1. The topological polar surface area (TPSA) is 29.3 Å². The van der Waals surface area contributed by atoms with E-state index in [2.05, 4.69) is 25.7 Å². The van der Waals surface area contributed by atoms with Crippen molar-refractivity contribution in [3.63, 3.8) is 0 Å². The summed E-state index contributed by atoms with van der Waals surface area (Å²) in [7, 11) is 2.02. The molecule has 0 spiro atoms. The maximum atomic E-state index is 5.51. The van der Waals surface area contributed by atoms with Gasteiger partial charge in [0.05, 0.1) is 0 Å². The predicted octanol–water partition coefficient (Wildman–Crippen LogP) is 2.56. The summed E-state index contributed by atoms with van der Waals surface area (Å²) in [4.78, 5) is 2.10. The van der Waals surface area contributed by atoms with Crippen LogP contribution in [0, 0.1) is 0 Å². The summed E-state index contributed by atoms with van der Waals surface area (Å²) in [6.45, 7) is 12.3. The SMILES string of the molecule is C/C(N)=C\N(C)C(C)(C)C.CC. The molecule has 0 fully saturated rings. The molecule has 74 valence electrons. The van der Waals surface area contributed by atoms with E-state index in [1.54, 1.807) is 0 Å². The molecule has 0 aliphatic heterocycles. The Bertz CT molecular complexity index is 127. The molecule has 0 aromatic rings. The van der Waals surface area contributed by atoms with Gasteiger partial charge in [0.1, 0.15) is 0 Å². The van der Waals surface area contributed by atoms with Gasteiger partial charge in [-0.15, -0.1) is 0 Å². The Labute approximate surface area is 77.4 Å². The first kappa shape index (κ1) is 13.9. The fourth-order valence-corrected chi connectivity index (χ4v) is 0.499. The quantitative estimate of drug-likeness (QED) is 0.658. The van der Waals surface area contributed by atoms with Gasteiger partial charge in [-0.05, 0) is 27.7 Å². The molecule has 0 bridgehead atoms. The minimum absolute atomic E-state index is 0.167. The van der Waals surface area contributed by atoms with E-state index >= 15 is 0 Å². The lowest BCUT2D eigenvalue weighted by Gasteiger charge is -2.30. The van der Waals surface area contributed by atoms with Crippen molar-refractivity contribution in [2.24, 2.45) is 5.73 Å².